The number of carbonyl (C=O) groups is 1. The lowest BCUT2D eigenvalue weighted by Crippen LogP contribution is -2.48. The Hall–Kier alpha value is -2.72. The quantitative estimate of drug-likeness (QED) is 0.514. The van der Waals surface area contributed by atoms with Crippen LogP contribution < -0.4 is 0 Å². The van der Waals surface area contributed by atoms with Crippen molar-refractivity contribution >= 4 is 29.4 Å². The van der Waals surface area contributed by atoms with Gasteiger partial charge in [-0.3, -0.25) is 0 Å². The SMILES string of the molecule is COC(=O)N1CCC(N2CCC(c3nc(-n4nc(C(C)C)c5cccc(F)c54)no3)CC2)CC1.Cl. The second-order valence-corrected chi connectivity index (χ2v) is 9.52. The molecule has 0 atom stereocenters. The highest BCUT2D eigenvalue weighted by Gasteiger charge is 2.32. The number of methoxy groups -OCH3 is 1. The van der Waals surface area contributed by atoms with E-state index in [1.54, 1.807) is 11.0 Å². The summed E-state index contributed by atoms with van der Waals surface area (Å²) in [6.45, 7) is 7.43. The summed E-state index contributed by atoms with van der Waals surface area (Å²) in [5, 5.41) is 9.55. The van der Waals surface area contributed by atoms with Gasteiger partial charge in [-0.2, -0.15) is 14.8 Å². The van der Waals surface area contributed by atoms with Gasteiger partial charge in [-0.1, -0.05) is 26.0 Å². The highest BCUT2D eigenvalue weighted by molar-refractivity contribution is 5.85. The van der Waals surface area contributed by atoms with Gasteiger partial charge < -0.3 is 19.1 Å². The zero-order valence-corrected chi connectivity index (χ0v) is 21.1. The first-order valence-corrected chi connectivity index (χ1v) is 12.0. The highest BCUT2D eigenvalue weighted by Crippen LogP contribution is 2.32. The second-order valence-electron chi connectivity index (χ2n) is 9.52. The van der Waals surface area contributed by atoms with Crippen LogP contribution in [0.25, 0.3) is 16.9 Å². The van der Waals surface area contributed by atoms with Crippen LogP contribution in [0, 0.1) is 5.82 Å². The summed E-state index contributed by atoms with van der Waals surface area (Å²) in [6, 6.07) is 5.48. The molecule has 0 N–H and O–H groups in total. The van der Waals surface area contributed by atoms with Crippen LogP contribution in [0.3, 0.4) is 0 Å². The molecule has 0 saturated carbocycles. The number of carbonyl (C=O) groups excluding carboxylic acids is 1. The summed E-state index contributed by atoms with van der Waals surface area (Å²) in [5.74, 6) is 0.815. The molecule has 0 aliphatic carbocycles. The van der Waals surface area contributed by atoms with Crippen LogP contribution in [-0.4, -0.2) is 75.1 Å². The van der Waals surface area contributed by atoms with Crippen LogP contribution in [0.1, 0.15) is 63.0 Å². The van der Waals surface area contributed by atoms with Crippen molar-refractivity contribution in [2.45, 2.75) is 57.4 Å². The van der Waals surface area contributed by atoms with Crippen molar-refractivity contribution in [1.82, 2.24) is 29.7 Å². The molecule has 3 aromatic rings. The molecule has 2 aromatic heterocycles. The van der Waals surface area contributed by atoms with Gasteiger partial charge in [0.25, 0.3) is 5.95 Å². The summed E-state index contributed by atoms with van der Waals surface area (Å²) < 4.78 is 26.6. The number of aromatic nitrogens is 4. The van der Waals surface area contributed by atoms with Crippen molar-refractivity contribution in [3.05, 3.63) is 35.6 Å². The van der Waals surface area contributed by atoms with Crippen LogP contribution in [0.5, 0.6) is 0 Å². The summed E-state index contributed by atoms with van der Waals surface area (Å²) in [5.41, 5.74) is 1.19. The van der Waals surface area contributed by atoms with E-state index in [0.717, 1.165) is 62.9 Å². The third-order valence-electron chi connectivity index (χ3n) is 7.14. The Bertz CT molecular complexity index is 1170. The Morgan fingerprint density at radius 1 is 1.14 bits per heavy atom. The van der Waals surface area contributed by atoms with Crippen molar-refractivity contribution < 1.29 is 18.4 Å². The van der Waals surface area contributed by atoms with E-state index in [2.05, 4.69) is 20.1 Å². The molecule has 2 aliphatic rings. The minimum absolute atomic E-state index is 0. The zero-order valence-electron chi connectivity index (χ0n) is 20.3. The fraction of sp³-hybridized carbons (Fsp3) is 0.583. The van der Waals surface area contributed by atoms with Gasteiger partial charge in [0.15, 0.2) is 0 Å². The number of nitrogens with zero attached hydrogens (tertiary/aromatic N) is 6. The largest absolute Gasteiger partial charge is 0.453 e. The van der Waals surface area contributed by atoms with Crippen LogP contribution in [-0.2, 0) is 4.74 Å². The van der Waals surface area contributed by atoms with E-state index < -0.39 is 0 Å². The second kappa shape index (κ2) is 10.5. The predicted molar refractivity (Wildman–Crippen MR) is 131 cm³/mol. The molecule has 0 bridgehead atoms. The summed E-state index contributed by atoms with van der Waals surface area (Å²) in [6.07, 6.45) is 3.52. The molecule has 1 aromatic carbocycles. The van der Waals surface area contributed by atoms with Crippen molar-refractivity contribution in [2.24, 2.45) is 0 Å². The third-order valence-corrected chi connectivity index (χ3v) is 7.14. The average molecular weight is 507 g/mol. The molecule has 1 amide bonds. The van der Waals surface area contributed by atoms with Crippen LogP contribution in [0.4, 0.5) is 9.18 Å². The number of piperidine rings is 2. The number of halogens is 2. The van der Waals surface area contributed by atoms with E-state index in [0.29, 0.717) is 17.4 Å². The number of amides is 1. The van der Waals surface area contributed by atoms with Crippen LogP contribution in [0.2, 0.25) is 0 Å². The molecule has 2 fully saturated rings. The maximum absolute atomic E-state index is 14.7. The summed E-state index contributed by atoms with van der Waals surface area (Å²) >= 11 is 0. The van der Waals surface area contributed by atoms with Crippen LogP contribution >= 0.6 is 12.4 Å². The molecule has 0 radical (unpaired) electrons. The van der Waals surface area contributed by atoms with Gasteiger partial charge in [-0.25, -0.2) is 9.18 Å². The van der Waals surface area contributed by atoms with Gasteiger partial charge in [0.2, 0.25) is 5.89 Å². The smallest absolute Gasteiger partial charge is 0.409 e. The van der Waals surface area contributed by atoms with E-state index in [-0.39, 0.29) is 42.1 Å². The molecule has 2 saturated heterocycles. The molecule has 2 aliphatic heterocycles. The first kappa shape index (κ1) is 25.4. The van der Waals surface area contributed by atoms with E-state index in [1.165, 1.54) is 17.9 Å². The Morgan fingerprint density at radius 2 is 1.86 bits per heavy atom. The number of rotatable bonds is 4. The number of fused-ring (bicyclic) bond motifs is 1. The molecule has 35 heavy (non-hydrogen) atoms. The molecule has 190 valence electrons. The standard InChI is InChI=1S/C24H31FN6O3.ClH/c1-15(2)20-18-5-4-6-19(25)21(18)31(27-20)23-26-22(34-28-23)16-7-11-29(12-8-16)17-9-13-30(14-10-17)24(32)33-3;/h4-6,15-17H,7-14H2,1-3H3;1H. The van der Waals surface area contributed by atoms with Crippen molar-refractivity contribution in [3.63, 3.8) is 0 Å². The highest BCUT2D eigenvalue weighted by atomic mass is 35.5. The van der Waals surface area contributed by atoms with E-state index >= 15 is 0 Å². The van der Waals surface area contributed by atoms with E-state index in [4.69, 9.17) is 9.26 Å². The van der Waals surface area contributed by atoms with Crippen molar-refractivity contribution in [1.29, 1.82) is 0 Å². The molecule has 0 unspecified atom stereocenters. The fourth-order valence-electron chi connectivity index (χ4n) is 5.25. The summed E-state index contributed by atoms with van der Waals surface area (Å²) in [4.78, 5) is 20.6. The molecule has 0 spiro atoms. The first-order valence-electron chi connectivity index (χ1n) is 12.0. The normalized spacial score (nSPS) is 18.3. The van der Waals surface area contributed by atoms with Gasteiger partial charge in [0.05, 0.1) is 12.8 Å². The Labute approximate surface area is 210 Å². The predicted octanol–water partition coefficient (Wildman–Crippen LogP) is 4.50. The van der Waals surface area contributed by atoms with E-state index in [1.807, 2.05) is 19.9 Å². The van der Waals surface area contributed by atoms with Gasteiger partial charge in [0.1, 0.15) is 11.3 Å². The van der Waals surface area contributed by atoms with Gasteiger partial charge in [0, 0.05) is 30.4 Å². The topological polar surface area (TPSA) is 89.5 Å². The van der Waals surface area contributed by atoms with Gasteiger partial charge in [-0.05, 0) is 55.9 Å². The van der Waals surface area contributed by atoms with Gasteiger partial charge >= 0.3 is 6.09 Å². The number of ether oxygens (including phenoxy) is 1. The minimum atomic E-state index is -0.352. The first-order chi connectivity index (χ1) is 16.5. The lowest BCUT2D eigenvalue weighted by Gasteiger charge is -2.40. The van der Waals surface area contributed by atoms with Crippen molar-refractivity contribution in [3.8, 4) is 5.95 Å². The zero-order chi connectivity index (χ0) is 23.8. The number of likely N-dealkylation sites (tertiary alicyclic amines) is 2. The third kappa shape index (κ3) is 4.86. The molecule has 9 nitrogen and oxygen atoms in total. The molecule has 11 heteroatoms. The van der Waals surface area contributed by atoms with Crippen molar-refractivity contribution in [2.75, 3.05) is 33.3 Å². The number of para-hydroxylation sites is 1. The average Bonchev–Trinajstić information content (AvgIpc) is 3.50. The lowest BCUT2D eigenvalue weighted by molar-refractivity contribution is 0.0712. The lowest BCUT2D eigenvalue weighted by atomic mass is 9.93. The summed E-state index contributed by atoms with van der Waals surface area (Å²) in [7, 11) is 1.43. The number of benzene rings is 1. The molecule has 5 rings (SSSR count). The number of hydrogen-bond donors (Lipinski definition) is 0. The fourth-order valence-corrected chi connectivity index (χ4v) is 5.25. The Kier molecular flexibility index (Phi) is 7.61. The molecule has 4 heterocycles. The monoisotopic (exact) mass is 506 g/mol. The Balaban J connectivity index is 0.00000289. The van der Waals surface area contributed by atoms with Gasteiger partial charge in [-0.15, -0.1) is 12.4 Å². The Morgan fingerprint density at radius 3 is 2.51 bits per heavy atom. The maximum atomic E-state index is 14.7. The van der Waals surface area contributed by atoms with E-state index in [9.17, 15) is 9.18 Å². The van der Waals surface area contributed by atoms with Crippen LogP contribution in [0.15, 0.2) is 22.7 Å². The maximum Gasteiger partial charge on any atom is 0.409 e. The molecular formula is C24H32ClFN6O3. The molecular weight excluding hydrogens is 475 g/mol. The number of hydrogen-bond acceptors (Lipinski definition) is 7. The minimum Gasteiger partial charge on any atom is -0.453 e.